The second-order valence-corrected chi connectivity index (χ2v) is 8.99. The summed E-state index contributed by atoms with van der Waals surface area (Å²) in [6.07, 6.45) is 17.5. The number of hydrogen-bond acceptors (Lipinski definition) is 3. The van der Waals surface area contributed by atoms with Gasteiger partial charge in [-0.05, 0) is 49.5 Å². The SMILES string of the molecule is O=S(=O)([O-])C1(C2CCCCC2)C=CC(C2CCCCC2)=CC1.[Na+]. The molecule has 0 bridgehead atoms. The molecule has 0 spiro atoms. The second-order valence-electron chi connectivity index (χ2n) is 7.32. The Labute approximate surface area is 163 Å². The van der Waals surface area contributed by atoms with Crippen LogP contribution >= 0.6 is 0 Å². The van der Waals surface area contributed by atoms with Gasteiger partial charge in [-0.3, -0.25) is 0 Å². The van der Waals surface area contributed by atoms with Crippen molar-refractivity contribution in [1.82, 2.24) is 0 Å². The Hall–Kier alpha value is 0.390. The summed E-state index contributed by atoms with van der Waals surface area (Å²) in [5.74, 6) is 0.577. The summed E-state index contributed by atoms with van der Waals surface area (Å²) in [5.41, 5.74) is 1.27. The number of hydrogen-bond donors (Lipinski definition) is 0. The fourth-order valence-corrected chi connectivity index (χ4v) is 5.84. The third-order valence-corrected chi connectivity index (χ3v) is 7.62. The van der Waals surface area contributed by atoms with Gasteiger partial charge in [-0.1, -0.05) is 56.8 Å². The van der Waals surface area contributed by atoms with Crippen molar-refractivity contribution < 1.29 is 42.5 Å². The van der Waals surface area contributed by atoms with Crippen molar-refractivity contribution in [3.63, 3.8) is 0 Å². The molecule has 0 aromatic carbocycles. The maximum Gasteiger partial charge on any atom is 1.00 e. The van der Waals surface area contributed by atoms with E-state index < -0.39 is 14.9 Å². The summed E-state index contributed by atoms with van der Waals surface area (Å²) in [4.78, 5) is 0. The minimum Gasteiger partial charge on any atom is -0.747 e. The predicted molar refractivity (Wildman–Crippen MR) is 87.4 cm³/mol. The molecule has 23 heavy (non-hydrogen) atoms. The molecular weight excluding hydrogens is 319 g/mol. The van der Waals surface area contributed by atoms with Crippen molar-refractivity contribution >= 4 is 10.1 Å². The minimum absolute atomic E-state index is 0. The fourth-order valence-electron chi connectivity index (χ4n) is 4.67. The third kappa shape index (κ3) is 4.14. The molecule has 1 atom stereocenters. The van der Waals surface area contributed by atoms with Crippen molar-refractivity contribution in [2.24, 2.45) is 11.8 Å². The second kappa shape index (κ2) is 8.18. The van der Waals surface area contributed by atoms with E-state index in [2.05, 4.69) is 6.08 Å². The molecule has 0 heterocycles. The average Bonchev–Trinajstić information content (AvgIpc) is 2.55. The minimum atomic E-state index is -4.32. The van der Waals surface area contributed by atoms with E-state index in [0.717, 1.165) is 25.7 Å². The van der Waals surface area contributed by atoms with Crippen molar-refractivity contribution in [2.75, 3.05) is 0 Å². The van der Waals surface area contributed by atoms with Gasteiger partial charge < -0.3 is 4.55 Å². The Bertz CT molecular complexity index is 555. The van der Waals surface area contributed by atoms with Crippen molar-refractivity contribution in [2.45, 2.75) is 75.4 Å². The molecule has 0 amide bonds. The van der Waals surface area contributed by atoms with Crippen LogP contribution in [0.25, 0.3) is 0 Å². The monoisotopic (exact) mass is 346 g/mol. The Morgan fingerprint density at radius 3 is 2.00 bits per heavy atom. The number of allylic oxidation sites excluding steroid dienone is 3. The molecule has 124 valence electrons. The van der Waals surface area contributed by atoms with E-state index in [-0.39, 0.29) is 35.5 Å². The molecule has 0 aromatic rings. The molecule has 0 aromatic heterocycles. The van der Waals surface area contributed by atoms with Crippen LogP contribution < -0.4 is 29.6 Å². The van der Waals surface area contributed by atoms with E-state index in [1.165, 1.54) is 44.1 Å². The van der Waals surface area contributed by atoms with Crippen LogP contribution in [0.4, 0.5) is 0 Å². The molecule has 0 aliphatic heterocycles. The van der Waals surface area contributed by atoms with Crippen LogP contribution in [0.2, 0.25) is 0 Å². The van der Waals surface area contributed by atoms with Crippen molar-refractivity contribution in [1.29, 1.82) is 0 Å². The maximum absolute atomic E-state index is 12.1. The van der Waals surface area contributed by atoms with Crippen LogP contribution in [-0.2, 0) is 10.1 Å². The van der Waals surface area contributed by atoms with Gasteiger partial charge in [0, 0.05) is 0 Å². The van der Waals surface area contributed by atoms with Crippen LogP contribution in [0.5, 0.6) is 0 Å². The first kappa shape index (κ1) is 19.7. The summed E-state index contributed by atoms with van der Waals surface area (Å²) in [7, 11) is -4.32. The van der Waals surface area contributed by atoms with Gasteiger partial charge in [0.25, 0.3) is 0 Å². The molecule has 0 saturated heterocycles. The molecule has 3 aliphatic rings. The van der Waals surface area contributed by atoms with Crippen molar-refractivity contribution in [3.05, 3.63) is 23.8 Å². The molecule has 2 saturated carbocycles. The van der Waals surface area contributed by atoms with Gasteiger partial charge in [-0.15, -0.1) is 0 Å². The molecule has 1 unspecified atom stereocenters. The zero-order valence-corrected chi connectivity index (χ0v) is 17.1. The third-order valence-electron chi connectivity index (χ3n) is 6.05. The zero-order valence-electron chi connectivity index (χ0n) is 14.3. The van der Waals surface area contributed by atoms with Gasteiger partial charge in [-0.25, -0.2) is 8.42 Å². The predicted octanol–water partition coefficient (Wildman–Crippen LogP) is 1.32. The first-order valence-electron chi connectivity index (χ1n) is 8.88. The Morgan fingerprint density at radius 1 is 0.957 bits per heavy atom. The molecule has 3 nitrogen and oxygen atoms in total. The van der Waals surface area contributed by atoms with Gasteiger partial charge in [0.1, 0.15) is 10.1 Å². The van der Waals surface area contributed by atoms with Crippen molar-refractivity contribution in [3.8, 4) is 0 Å². The molecule has 3 rings (SSSR count). The normalized spacial score (nSPS) is 30.6. The summed E-state index contributed by atoms with van der Waals surface area (Å²) >= 11 is 0. The summed E-state index contributed by atoms with van der Waals surface area (Å²) in [6, 6.07) is 0. The van der Waals surface area contributed by atoms with Gasteiger partial charge >= 0.3 is 29.6 Å². The van der Waals surface area contributed by atoms with Gasteiger partial charge in [0.05, 0.1) is 4.75 Å². The molecular formula is C18H27NaO3S. The summed E-state index contributed by atoms with van der Waals surface area (Å²) in [6.45, 7) is 0. The Morgan fingerprint density at radius 2 is 1.52 bits per heavy atom. The molecule has 0 N–H and O–H groups in total. The topological polar surface area (TPSA) is 57.2 Å². The van der Waals surface area contributed by atoms with Crippen LogP contribution in [0, 0.1) is 11.8 Å². The van der Waals surface area contributed by atoms with Crippen LogP contribution in [-0.4, -0.2) is 17.7 Å². The molecule has 5 heteroatoms. The molecule has 2 fully saturated rings. The largest absolute Gasteiger partial charge is 1.00 e. The average molecular weight is 346 g/mol. The van der Waals surface area contributed by atoms with E-state index in [0.29, 0.717) is 12.3 Å². The van der Waals surface area contributed by atoms with Crippen LogP contribution in [0.3, 0.4) is 0 Å². The van der Waals surface area contributed by atoms with Crippen LogP contribution in [0.1, 0.15) is 70.6 Å². The zero-order chi connectivity index (χ0) is 15.6. The van der Waals surface area contributed by atoms with E-state index >= 15 is 0 Å². The van der Waals surface area contributed by atoms with Crippen LogP contribution in [0.15, 0.2) is 23.8 Å². The van der Waals surface area contributed by atoms with Gasteiger partial charge in [0.2, 0.25) is 0 Å². The van der Waals surface area contributed by atoms with Gasteiger partial charge in [-0.2, -0.15) is 0 Å². The molecule has 3 aliphatic carbocycles. The smallest absolute Gasteiger partial charge is 0.747 e. The first-order chi connectivity index (χ1) is 10.5. The maximum atomic E-state index is 12.1. The Balaban J connectivity index is 0.00000192. The van der Waals surface area contributed by atoms with E-state index in [9.17, 15) is 13.0 Å². The van der Waals surface area contributed by atoms with E-state index in [4.69, 9.17) is 0 Å². The quantitative estimate of drug-likeness (QED) is 0.572. The summed E-state index contributed by atoms with van der Waals surface area (Å²) in [5, 5.41) is 0. The Kier molecular flexibility index (Phi) is 7.01. The fraction of sp³-hybridized carbons (Fsp3) is 0.778. The van der Waals surface area contributed by atoms with E-state index in [1.54, 1.807) is 6.08 Å². The molecule has 0 radical (unpaired) electrons. The van der Waals surface area contributed by atoms with Gasteiger partial charge in [0.15, 0.2) is 0 Å². The standard InChI is InChI=1S/C18H28O3S.Na/c19-22(20,21)18(17-9-5-2-6-10-17)13-11-16(12-14-18)15-7-3-1-4-8-15;/h11-13,15,17H,1-10,14H2,(H,19,20,21);/q;+1/p-1. The van der Waals surface area contributed by atoms with E-state index in [1.807, 2.05) is 6.08 Å². The summed E-state index contributed by atoms with van der Waals surface area (Å²) < 4.78 is 35.0. The first-order valence-corrected chi connectivity index (χ1v) is 10.3. The number of rotatable bonds is 3.